The van der Waals surface area contributed by atoms with Crippen molar-refractivity contribution >= 4 is 28.3 Å². The summed E-state index contributed by atoms with van der Waals surface area (Å²) in [5, 5.41) is 1.57. The second kappa shape index (κ2) is 6.22. The quantitative estimate of drug-likeness (QED) is 0.584. The van der Waals surface area contributed by atoms with Gasteiger partial charge in [-0.2, -0.15) is 0 Å². The predicted molar refractivity (Wildman–Crippen MR) is 103 cm³/mol. The predicted octanol–water partition coefficient (Wildman–Crippen LogP) is 4.69. The van der Waals surface area contributed by atoms with E-state index in [-0.39, 0.29) is 0 Å². The lowest BCUT2D eigenvalue weighted by atomic mass is 10.1. The number of hydrogen-bond acceptors (Lipinski definition) is 3. The molecule has 4 aromatic rings. The fourth-order valence-electron chi connectivity index (χ4n) is 3.07. The highest BCUT2D eigenvalue weighted by Gasteiger charge is 2.17. The molecular weight excluding hydrogens is 332 g/mol. The average molecular weight is 349 g/mol. The molecule has 0 saturated heterocycles. The molecule has 2 aromatic heterocycles. The first-order valence-electron chi connectivity index (χ1n) is 8.05. The summed E-state index contributed by atoms with van der Waals surface area (Å²) in [6.07, 6.45) is 1.76. The average Bonchev–Trinajstić information content (AvgIpc) is 2.91. The SMILES string of the molecule is Cc1nc(-c2ccc(Cl)c3cccnc23)c(N)n1Cc1ccccc1. The summed E-state index contributed by atoms with van der Waals surface area (Å²) in [5.74, 6) is 1.51. The molecule has 4 nitrogen and oxygen atoms in total. The van der Waals surface area contributed by atoms with E-state index >= 15 is 0 Å². The van der Waals surface area contributed by atoms with Crippen LogP contribution in [-0.2, 0) is 6.54 Å². The van der Waals surface area contributed by atoms with Crippen molar-refractivity contribution in [3.63, 3.8) is 0 Å². The summed E-state index contributed by atoms with van der Waals surface area (Å²) in [5.41, 5.74) is 10.1. The minimum atomic E-state index is 0.635. The van der Waals surface area contributed by atoms with Crippen molar-refractivity contribution in [2.24, 2.45) is 0 Å². The van der Waals surface area contributed by atoms with Crippen LogP contribution >= 0.6 is 11.6 Å². The molecule has 2 aromatic carbocycles. The van der Waals surface area contributed by atoms with Crippen molar-refractivity contribution in [1.29, 1.82) is 0 Å². The molecule has 4 rings (SSSR count). The number of hydrogen-bond donors (Lipinski definition) is 1. The number of fused-ring (bicyclic) bond motifs is 1. The highest BCUT2D eigenvalue weighted by Crippen LogP contribution is 2.34. The van der Waals surface area contributed by atoms with Gasteiger partial charge in [0.15, 0.2) is 0 Å². The maximum atomic E-state index is 6.45. The van der Waals surface area contributed by atoms with Crippen LogP contribution in [0, 0.1) is 6.92 Å². The lowest BCUT2D eigenvalue weighted by molar-refractivity contribution is 0.771. The van der Waals surface area contributed by atoms with E-state index < -0.39 is 0 Å². The Hall–Kier alpha value is -2.85. The topological polar surface area (TPSA) is 56.7 Å². The van der Waals surface area contributed by atoms with Crippen molar-refractivity contribution in [3.8, 4) is 11.3 Å². The molecule has 5 heteroatoms. The lowest BCUT2D eigenvalue weighted by Gasteiger charge is -2.09. The minimum Gasteiger partial charge on any atom is -0.383 e. The van der Waals surface area contributed by atoms with Crippen molar-refractivity contribution < 1.29 is 0 Å². The smallest absolute Gasteiger partial charge is 0.132 e. The molecule has 0 aliphatic rings. The van der Waals surface area contributed by atoms with Gasteiger partial charge in [-0.15, -0.1) is 0 Å². The van der Waals surface area contributed by atoms with Crippen LogP contribution < -0.4 is 5.73 Å². The molecule has 25 heavy (non-hydrogen) atoms. The van der Waals surface area contributed by atoms with E-state index in [4.69, 9.17) is 22.3 Å². The van der Waals surface area contributed by atoms with Crippen LogP contribution in [0.4, 0.5) is 5.82 Å². The largest absolute Gasteiger partial charge is 0.383 e. The first-order chi connectivity index (χ1) is 12.1. The molecule has 0 amide bonds. The molecule has 0 unspecified atom stereocenters. The number of anilines is 1. The summed E-state index contributed by atoms with van der Waals surface area (Å²) in [6, 6.07) is 17.8. The standard InChI is InChI=1S/C20H17ClN4/c1-13-24-19(20(22)25(13)12-14-6-3-2-4-7-14)16-9-10-17(21)15-8-5-11-23-18(15)16/h2-11H,12,22H2,1H3. The number of benzene rings is 2. The number of aromatic nitrogens is 3. The van der Waals surface area contributed by atoms with Gasteiger partial charge in [0.2, 0.25) is 0 Å². The zero-order valence-corrected chi connectivity index (χ0v) is 14.5. The number of halogens is 1. The third kappa shape index (κ3) is 2.75. The second-order valence-corrected chi connectivity index (χ2v) is 6.37. The third-order valence-corrected chi connectivity index (χ3v) is 4.68. The van der Waals surface area contributed by atoms with Crippen LogP contribution in [-0.4, -0.2) is 14.5 Å². The first-order valence-corrected chi connectivity index (χ1v) is 8.43. The molecule has 0 aliphatic carbocycles. The Bertz CT molecular complexity index is 1050. The number of nitrogens with zero attached hydrogens (tertiary/aromatic N) is 3. The Morgan fingerprint density at radius 2 is 1.84 bits per heavy atom. The normalized spacial score (nSPS) is 11.1. The molecular formula is C20H17ClN4. The molecule has 0 fully saturated rings. The van der Waals surface area contributed by atoms with Crippen molar-refractivity contribution in [2.75, 3.05) is 5.73 Å². The number of imidazole rings is 1. The van der Waals surface area contributed by atoms with Gasteiger partial charge >= 0.3 is 0 Å². The van der Waals surface area contributed by atoms with E-state index in [1.54, 1.807) is 6.20 Å². The molecule has 0 saturated carbocycles. The van der Waals surface area contributed by atoms with Gasteiger partial charge in [-0.05, 0) is 36.8 Å². The third-order valence-electron chi connectivity index (χ3n) is 4.35. The van der Waals surface area contributed by atoms with E-state index in [9.17, 15) is 0 Å². The zero-order chi connectivity index (χ0) is 17.4. The Balaban J connectivity index is 1.86. The number of rotatable bonds is 3. The molecule has 124 valence electrons. The Morgan fingerprint density at radius 1 is 1.04 bits per heavy atom. The van der Waals surface area contributed by atoms with Gasteiger partial charge < -0.3 is 10.3 Å². The zero-order valence-electron chi connectivity index (χ0n) is 13.8. The Labute approximate surface area is 150 Å². The van der Waals surface area contributed by atoms with Crippen LogP contribution in [0.5, 0.6) is 0 Å². The van der Waals surface area contributed by atoms with Crippen molar-refractivity contribution in [3.05, 3.63) is 77.2 Å². The minimum absolute atomic E-state index is 0.635. The van der Waals surface area contributed by atoms with Gasteiger partial charge in [0, 0.05) is 17.1 Å². The Kier molecular flexibility index (Phi) is 3.90. The monoisotopic (exact) mass is 348 g/mol. The van der Waals surface area contributed by atoms with E-state index in [0.717, 1.165) is 28.0 Å². The maximum absolute atomic E-state index is 6.45. The van der Waals surface area contributed by atoms with Gasteiger partial charge in [0.1, 0.15) is 17.3 Å². The molecule has 0 spiro atoms. The van der Waals surface area contributed by atoms with Crippen LogP contribution in [0.25, 0.3) is 22.2 Å². The van der Waals surface area contributed by atoms with E-state index in [2.05, 4.69) is 17.1 Å². The van der Waals surface area contributed by atoms with Crippen LogP contribution in [0.15, 0.2) is 60.8 Å². The van der Waals surface area contributed by atoms with Crippen LogP contribution in [0.2, 0.25) is 5.02 Å². The van der Waals surface area contributed by atoms with E-state index in [1.807, 2.05) is 54.0 Å². The molecule has 0 atom stereocenters. The molecule has 0 bridgehead atoms. The molecule has 2 heterocycles. The molecule has 0 aliphatic heterocycles. The van der Waals surface area contributed by atoms with Crippen molar-refractivity contribution in [2.45, 2.75) is 13.5 Å². The van der Waals surface area contributed by atoms with Gasteiger partial charge in [-0.25, -0.2) is 4.98 Å². The first kappa shape index (κ1) is 15.7. The summed E-state index contributed by atoms with van der Waals surface area (Å²) in [4.78, 5) is 9.20. The van der Waals surface area contributed by atoms with Gasteiger partial charge in [-0.1, -0.05) is 41.9 Å². The Morgan fingerprint density at radius 3 is 2.64 bits per heavy atom. The second-order valence-electron chi connectivity index (χ2n) is 5.96. The van der Waals surface area contributed by atoms with Crippen molar-refractivity contribution in [1.82, 2.24) is 14.5 Å². The summed E-state index contributed by atoms with van der Waals surface area (Å²) in [6.45, 7) is 2.65. The number of nitrogens with two attached hydrogens (primary N) is 1. The highest BCUT2D eigenvalue weighted by molar-refractivity contribution is 6.35. The van der Waals surface area contributed by atoms with E-state index in [0.29, 0.717) is 17.4 Å². The van der Waals surface area contributed by atoms with E-state index in [1.165, 1.54) is 5.56 Å². The number of nitrogen functional groups attached to an aromatic ring is 1. The fourth-order valence-corrected chi connectivity index (χ4v) is 3.29. The summed E-state index contributed by atoms with van der Waals surface area (Å²) >= 11 is 6.30. The summed E-state index contributed by atoms with van der Waals surface area (Å²) < 4.78 is 2.02. The van der Waals surface area contributed by atoms with Crippen LogP contribution in [0.3, 0.4) is 0 Å². The van der Waals surface area contributed by atoms with Gasteiger partial charge in [-0.3, -0.25) is 4.98 Å². The highest BCUT2D eigenvalue weighted by atomic mass is 35.5. The number of aryl methyl sites for hydroxylation is 1. The lowest BCUT2D eigenvalue weighted by Crippen LogP contribution is -2.06. The van der Waals surface area contributed by atoms with Gasteiger partial charge in [0.25, 0.3) is 0 Å². The summed E-state index contributed by atoms with van der Waals surface area (Å²) in [7, 11) is 0. The maximum Gasteiger partial charge on any atom is 0.132 e. The van der Waals surface area contributed by atoms with Gasteiger partial charge in [0.05, 0.1) is 17.1 Å². The molecule has 0 radical (unpaired) electrons. The van der Waals surface area contributed by atoms with Crippen LogP contribution in [0.1, 0.15) is 11.4 Å². The fraction of sp³-hybridized carbons (Fsp3) is 0.100. The molecule has 2 N–H and O–H groups in total. The number of pyridine rings is 1.